The molecule has 0 saturated heterocycles. The van der Waals surface area contributed by atoms with E-state index in [0.717, 1.165) is 31.0 Å². The van der Waals surface area contributed by atoms with Crippen LogP contribution in [0.15, 0.2) is 28.7 Å². The highest BCUT2D eigenvalue weighted by Crippen LogP contribution is 2.31. The number of fused-ring (bicyclic) bond motifs is 1. The van der Waals surface area contributed by atoms with Crippen molar-refractivity contribution in [3.63, 3.8) is 0 Å². The quantitative estimate of drug-likeness (QED) is 0.927. The monoisotopic (exact) mass is 269 g/mol. The summed E-state index contributed by atoms with van der Waals surface area (Å²) in [6.45, 7) is 0.709. The number of hydrogen-bond acceptors (Lipinski definition) is 4. The summed E-state index contributed by atoms with van der Waals surface area (Å²) in [4.78, 5) is 0. The number of benzene rings is 1. The summed E-state index contributed by atoms with van der Waals surface area (Å²) in [5.41, 5.74) is 2.90. The van der Waals surface area contributed by atoms with Crippen molar-refractivity contribution in [1.82, 2.24) is 15.5 Å². The molecule has 2 aromatic rings. The van der Waals surface area contributed by atoms with Crippen LogP contribution in [0.1, 0.15) is 48.1 Å². The zero-order valence-corrected chi connectivity index (χ0v) is 11.5. The fraction of sp³-hybridized carbons (Fsp3) is 0.500. The number of aromatic nitrogens is 2. The predicted octanol–water partition coefficient (Wildman–Crippen LogP) is 2.59. The van der Waals surface area contributed by atoms with Gasteiger partial charge in [0.15, 0.2) is 0 Å². The van der Waals surface area contributed by atoms with Gasteiger partial charge in [-0.1, -0.05) is 24.3 Å². The van der Waals surface area contributed by atoms with E-state index in [4.69, 9.17) is 4.42 Å². The van der Waals surface area contributed by atoms with Crippen molar-refractivity contribution in [1.29, 1.82) is 0 Å². The van der Waals surface area contributed by atoms with E-state index in [1.54, 1.807) is 0 Å². The van der Waals surface area contributed by atoms with Gasteiger partial charge < -0.3 is 9.73 Å². The number of nitrogens with one attached hydrogen (secondary N) is 1. The van der Waals surface area contributed by atoms with Crippen LogP contribution in [0.25, 0.3) is 0 Å². The second-order valence-corrected chi connectivity index (χ2v) is 5.90. The van der Waals surface area contributed by atoms with Crippen LogP contribution in [0, 0.1) is 0 Å². The van der Waals surface area contributed by atoms with Crippen LogP contribution in [0.4, 0.5) is 0 Å². The lowest BCUT2D eigenvalue weighted by Gasteiger charge is -2.21. The van der Waals surface area contributed by atoms with Gasteiger partial charge in [-0.2, -0.15) is 0 Å². The van der Waals surface area contributed by atoms with Gasteiger partial charge in [-0.25, -0.2) is 0 Å². The Labute approximate surface area is 118 Å². The number of hydrogen-bond donors (Lipinski definition) is 1. The molecular weight excluding hydrogens is 250 g/mol. The molecule has 4 nitrogen and oxygen atoms in total. The highest BCUT2D eigenvalue weighted by Gasteiger charge is 2.25. The largest absolute Gasteiger partial charge is 0.424 e. The third-order valence-corrected chi connectivity index (χ3v) is 4.30. The number of rotatable bonds is 4. The van der Waals surface area contributed by atoms with Crippen molar-refractivity contribution in [2.75, 3.05) is 0 Å². The van der Waals surface area contributed by atoms with Crippen LogP contribution in [0.2, 0.25) is 0 Å². The molecule has 4 rings (SSSR count). The van der Waals surface area contributed by atoms with Crippen molar-refractivity contribution in [2.45, 2.75) is 50.6 Å². The van der Waals surface area contributed by atoms with Gasteiger partial charge in [0.05, 0.1) is 6.54 Å². The van der Waals surface area contributed by atoms with Crippen LogP contribution in [-0.2, 0) is 19.4 Å². The molecule has 4 heteroatoms. The van der Waals surface area contributed by atoms with Crippen LogP contribution in [-0.4, -0.2) is 16.2 Å². The van der Waals surface area contributed by atoms with Gasteiger partial charge in [-0.3, -0.25) is 0 Å². The Kier molecular flexibility index (Phi) is 3.03. The minimum Gasteiger partial charge on any atom is -0.424 e. The molecule has 0 spiro atoms. The van der Waals surface area contributed by atoms with E-state index in [1.165, 1.54) is 24.0 Å². The normalized spacial score (nSPS) is 21.7. The molecule has 0 radical (unpaired) electrons. The highest BCUT2D eigenvalue weighted by molar-refractivity contribution is 5.31. The molecule has 1 atom stereocenters. The maximum Gasteiger partial charge on any atom is 0.230 e. The van der Waals surface area contributed by atoms with Crippen molar-refractivity contribution in [2.24, 2.45) is 0 Å². The molecule has 104 valence electrons. The lowest BCUT2D eigenvalue weighted by molar-refractivity contribution is 0.386. The smallest absolute Gasteiger partial charge is 0.230 e. The fourth-order valence-corrected chi connectivity index (χ4v) is 2.93. The summed E-state index contributed by atoms with van der Waals surface area (Å²) in [5.74, 6) is 1.92. The number of nitrogens with zero attached hydrogens (tertiary/aromatic N) is 2. The first-order valence-corrected chi connectivity index (χ1v) is 7.51. The molecule has 1 unspecified atom stereocenters. The first-order chi connectivity index (χ1) is 9.88. The average Bonchev–Trinajstić information content (AvgIpc) is 3.21. The lowest BCUT2D eigenvalue weighted by Crippen LogP contribution is -2.15. The summed E-state index contributed by atoms with van der Waals surface area (Å²) in [7, 11) is 0. The maximum absolute atomic E-state index is 5.83. The zero-order chi connectivity index (χ0) is 13.4. The molecule has 20 heavy (non-hydrogen) atoms. The summed E-state index contributed by atoms with van der Waals surface area (Å²) < 4.78 is 5.83. The van der Waals surface area contributed by atoms with E-state index >= 15 is 0 Å². The molecule has 0 amide bonds. The molecule has 2 aliphatic carbocycles. The lowest BCUT2D eigenvalue weighted by atomic mass is 9.84. The van der Waals surface area contributed by atoms with Gasteiger partial charge in [0, 0.05) is 12.0 Å². The molecule has 0 aliphatic heterocycles. The third kappa shape index (κ3) is 2.48. The highest BCUT2D eigenvalue weighted by atomic mass is 16.4. The van der Waals surface area contributed by atoms with Crippen LogP contribution in [0.3, 0.4) is 0 Å². The Morgan fingerprint density at radius 2 is 1.95 bits per heavy atom. The second kappa shape index (κ2) is 5.02. The molecule has 0 bridgehead atoms. The zero-order valence-electron chi connectivity index (χ0n) is 11.5. The Balaban J connectivity index is 1.45. The molecule has 1 aromatic carbocycles. The number of aryl methyl sites for hydroxylation is 1. The Morgan fingerprint density at radius 1 is 1.10 bits per heavy atom. The molecular formula is C16H19N3O. The van der Waals surface area contributed by atoms with E-state index in [2.05, 4.69) is 39.8 Å². The summed E-state index contributed by atoms with van der Waals surface area (Å²) >= 11 is 0. The van der Waals surface area contributed by atoms with Crippen molar-refractivity contribution >= 4 is 0 Å². The van der Waals surface area contributed by atoms with E-state index in [1.807, 2.05) is 0 Å². The van der Waals surface area contributed by atoms with Crippen molar-refractivity contribution < 1.29 is 4.42 Å². The van der Waals surface area contributed by atoms with Crippen LogP contribution in [0.5, 0.6) is 0 Å². The Hall–Kier alpha value is -1.68. The standard InChI is InChI=1S/C16H19N3O/c1-2-4-12-9-13(6-5-11(12)3-1)16-19-18-15(20-16)10-17-14-7-8-14/h1-4,13-14,17H,5-10H2. The molecule has 1 aromatic heterocycles. The van der Waals surface area contributed by atoms with Gasteiger partial charge >= 0.3 is 0 Å². The molecule has 1 saturated carbocycles. The van der Waals surface area contributed by atoms with Gasteiger partial charge in [-0.15, -0.1) is 10.2 Å². The summed E-state index contributed by atoms with van der Waals surface area (Å²) in [6, 6.07) is 9.34. The first-order valence-electron chi connectivity index (χ1n) is 7.51. The van der Waals surface area contributed by atoms with Crippen LogP contribution < -0.4 is 5.32 Å². The first kappa shape index (κ1) is 12.1. The Morgan fingerprint density at radius 3 is 2.80 bits per heavy atom. The predicted molar refractivity (Wildman–Crippen MR) is 75.4 cm³/mol. The maximum atomic E-state index is 5.83. The average molecular weight is 269 g/mol. The summed E-state index contributed by atoms with van der Waals surface area (Å²) in [5, 5.41) is 11.8. The molecule has 1 N–H and O–H groups in total. The summed E-state index contributed by atoms with van der Waals surface area (Å²) in [6.07, 6.45) is 5.79. The molecule has 1 heterocycles. The second-order valence-electron chi connectivity index (χ2n) is 5.90. The molecule has 1 fully saturated rings. The van der Waals surface area contributed by atoms with E-state index in [9.17, 15) is 0 Å². The minimum absolute atomic E-state index is 0.382. The minimum atomic E-state index is 0.382. The van der Waals surface area contributed by atoms with Crippen molar-refractivity contribution in [3.05, 3.63) is 47.2 Å². The fourth-order valence-electron chi connectivity index (χ4n) is 2.93. The molecule has 2 aliphatic rings. The van der Waals surface area contributed by atoms with Crippen molar-refractivity contribution in [3.8, 4) is 0 Å². The van der Waals surface area contributed by atoms with E-state index in [-0.39, 0.29) is 0 Å². The van der Waals surface area contributed by atoms with Gasteiger partial charge in [-0.05, 0) is 43.2 Å². The van der Waals surface area contributed by atoms with Gasteiger partial charge in [0.1, 0.15) is 0 Å². The third-order valence-electron chi connectivity index (χ3n) is 4.30. The van der Waals surface area contributed by atoms with Gasteiger partial charge in [0.25, 0.3) is 0 Å². The van der Waals surface area contributed by atoms with E-state index in [0.29, 0.717) is 18.5 Å². The van der Waals surface area contributed by atoms with Crippen LogP contribution >= 0.6 is 0 Å². The topological polar surface area (TPSA) is 51.0 Å². The SMILES string of the molecule is c1ccc2c(c1)CCC(c1nnc(CNC3CC3)o1)C2. The van der Waals surface area contributed by atoms with Gasteiger partial charge in [0.2, 0.25) is 11.8 Å². The Bertz CT molecular complexity index is 603. The van der Waals surface area contributed by atoms with E-state index < -0.39 is 0 Å².